The standard InChI is InChI=1S/C18H20N2O3/c1-4-20(16-11-5-13(2)6-12-16)19-17(21)14-7-9-15(10-8-14)18(22)23-3/h5-12H,4H2,1-3H3,(H,19,21). The van der Waals surface area contributed by atoms with Gasteiger partial charge in [-0.25, -0.2) is 4.79 Å². The van der Waals surface area contributed by atoms with Crippen LogP contribution in [0.3, 0.4) is 0 Å². The fourth-order valence-corrected chi connectivity index (χ4v) is 2.11. The average Bonchev–Trinajstić information content (AvgIpc) is 2.59. The summed E-state index contributed by atoms with van der Waals surface area (Å²) in [5.74, 6) is -0.657. The average molecular weight is 312 g/mol. The molecule has 5 nitrogen and oxygen atoms in total. The number of amides is 1. The maximum absolute atomic E-state index is 12.3. The molecule has 23 heavy (non-hydrogen) atoms. The van der Waals surface area contributed by atoms with Crippen LogP contribution in [0.1, 0.15) is 33.2 Å². The van der Waals surface area contributed by atoms with Gasteiger partial charge in [-0.3, -0.25) is 15.2 Å². The largest absolute Gasteiger partial charge is 0.465 e. The highest BCUT2D eigenvalue weighted by Gasteiger charge is 2.12. The molecule has 0 saturated heterocycles. The molecular formula is C18H20N2O3. The number of ether oxygens (including phenoxy) is 1. The zero-order chi connectivity index (χ0) is 16.8. The van der Waals surface area contributed by atoms with Crippen LogP contribution >= 0.6 is 0 Å². The highest BCUT2D eigenvalue weighted by molar-refractivity contribution is 5.96. The number of esters is 1. The Bertz CT molecular complexity index is 678. The molecule has 1 N–H and O–H groups in total. The lowest BCUT2D eigenvalue weighted by atomic mass is 10.1. The predicted molar refractivity (Wildman–Crippen MR) is 89.4 cm³/mol. The lowest BCUT2D eigenvalue weighted by Gasteiger charge is -2.24. The van der Waals surface area contributed by atoms with Crippen LogP contribution in [0.25, 0.3) is 0 Å². The van der Waals surface area contributed by atoms with Gasteiger partial charge in [0.05, 0.1) is 18.4 Å². The molecule has 0 aliphatic rings. The van der Waals surface area contributed by atoms with Gasteiger partial charge in [0.2, 0.25) is 0 Å². The van der Waals surface area contributed by atoms with Gasteiger partial charge in [0.1, 0.15) is 0 Å². The van der Waals surface area contributed by atoms with E-state index in [2.05, 4.69) is 10.2 Å². The first-order chi connectivity index (χ1) is 11.0. The van der Waals surface area contributed by atoms with Crippen LogP contribution in [0.15, 0.2) is 48.5 Å². The van der Waals surface area contributed by atoms with Crippen LogP contribution in [0.2, 0.25) is 0 Å². The van der Waals surface area contributed by atoms with Crippen molar-refractivity contribution in [2.24, 2.45) is 0 Å². The number of benzene rings is 2. The number of methoxy groups -OCH3 is 1. The minimum absolute atomic E-state index is 0.233. The van der Waals surface area contributed by atoms with Gasteiger partial charge >= 0.3 is 5.97 Å². The molecule has 0 spiro atoms. The third-order valence-corrected chi connectivity index (χ3v) is 3.47. The van der Waals surface area contributed by atoms with Crippen molar-refractivity contribution in [3.05, 3.63) is 65.2 Å². The van der Waals surface area contributed by atoms with Crippen LogP contribution in [0, 0.1) is 6.92 Å². The van der Waals surface area contributed by atoms with Crippen LogP contribution in [0.4, 0.5) is 5.69 Å². The fourth-order valence-electron chi connectivity index (χ4n) is 2.11. The second kappa shape index (κ2) is 7.45. The van der Waals surface area contributed by atoms with Crippen LogP contribution in [-0.2, 0) is 4.74 Å². The second-order valence-corrected chi connectivity index (χ2v) is 5.09. The number of carbonyl (C=O) groups excluding carboxylic acids is 2. The molecule has 0 aromatic heterocycles. The monoisotopic (exact) mass is 312 g/mol. The maximum atomic E-state index is 12.3. The molecule has 0 unspecified atom stereocenters. The van der Waals surface area contributed by atoms with E-state index in [1.807, 2.05) is 38.1 Å². The zero-order valence-corrected chi connectivity index (χ0v) is 13.5. The van der Waals surface area contributed by atoms with E-state index in [4.69, 9.17) is 0 Å². The number of anilines is 1. The van der Waals surface area contributed by atoms with Crippen molar-refractivity contribution in [3.8, 4) is 0 Å². The van der Waals surface area contributed by atoms with Crippen LogP contribution < -0.4 is 10.4 Å². The summed E-state index contributed by atoms with van der Waals surface area (Å²) in [7, 11) is 1.32. The Morgan fingerprint density at radius 1 is 1.00 bits per heavy atom. The number of aryl methyl sites for hydroxylation is 1. The molecule has 0 fully saturated rings. The number of hydrazine groups is 1. The number of hydrogen-bond acceptors (Lipinski definition) is 4. The molecule has 1 amide bonds. The molecule has 0 radical (unpaired) electrons. The first-order valence-electron chi connectivity index (χ1n) is 7.38. The third-order valence-electron chi connectivity index (χ3n) is 3.47. The van der Waals surface area contributed by atoms with Crippen LogP contribution in [-0.4, -0.2) is 25.5 Å². The molecule has 120 valence electrons. The number of nitrogens with one attached hydrogen (secondary N) is 1. The Morgan fingerprint density at radius 2 is 1.57 bits per heavy atom. The van der Waals surface area contributed by atoms with E-state index in [0.29, 0.717) is 17.7 Å². The summed E-state index contributed by atoms with van der Waals surface area (Å²) in [4.78, 5) is 23.7. The van der Waals surface area contributed by atoms with Crippen molar-refractivity contribution in [2.45, 2.75) is 13.8 Å². The lowest BCUT2D eigenvalue weighted by Crippen LogP contribution is -2.42. The number of carbonyl (C=O) groups is 2. The van der Waals surface area contributed by atoms with Crippen molar-refractivity contribution in [1.29, 1.82) is 0 Å². The summed E-state index contributed by atoms with van der Waals surface area (Å²) in [6.07, 6.45) is 0. The zero-order valence-electron chi connectivity index (χ0n) is 13.5. The van der Waals surface area contributed by atoms with E-state index in [0.717, 1.165) is 11.3 Å². The highest BCUT2D eigenvalue weighted by atomic mass is 16.5. The van der Waals surface area contributed by atoms with Crippen molar-refractivity contribution < 1.29 is 14.3 Å². The summed E-state index contributed by atoms with van der Waals surface area (Å²) in [5.41, 5.74) is 5.82. The van der Waals surface area contributed by atoms with Crippen molar-refractivity contribution in [2.75, 3.05) is 18.7 Å². The Hall–Kier alpha value is -2.82. The summed E-state index contributed by atoms with van der Waals surface area (Å²) in [6.45, 7) is 4.61. The van der Waals surface area contributed by atoms with Crippen molar-refractivity contribution in [1.82, 2.24) is 5.43 Å². The quantitative estimate of drug-likeness (QED) is 0.681. The summed E-state index contributed by atoms with van der Waals surface area (Å²) >= 11 is 0. The molecule has 5 heteroatoms. The molecule has 0 bridgehead atoms. The Morgan fingerprint density at radius 3 is 2.09 bits per heavy atom. The van der Waals surface area contributed by atoms with Gasteiger partial charge in [-0.1, -0.05) is 17.7 Å². The van der Waals surface area contributed by atoms with Gasteiger partial charge in [0.15, 0.2) is 0 Å². The minimum Gasteiger partial charge on any atom is -0.465 e. The van der Waals surface area contributed by atoms with Crippen molar-refractivity contribution >= 4 is 17.6 Å². The number of hydrogen-bond donors (Lipinski definition) is 1. The molecule has 0 atom stereocenters. The summed E-state index contributed by atoms with van der Waals surface area (Å²) in [6, 6.07) is 14.3. The van der Waals surface area contributed by atoms with Gasteiger partial charge in [0, 0.05) is 12.1 Å². The van der Waals surface area contributed by atoms with Gasteiger partial charge in [-0.05, 0) is 50.2 Å². The Kier molecular flexibility index (Phi) is 5.36. The third kappa shape index (κ3) is 4.10. The molecule has 0 aliphatic heterocycles. The number of rotatable bonds is 5. The second-order valence-electron chi connectivity index (χ2n) is 5.09. The molecular weight excluding hydrogens is 292 g/mol. The van der Waals surface area contributed by atoms with E-state index in [1.54, 1.807) is 29.3 Å². The minimum atomic E-state index is -0.424. The topological polar surface area (TPSA) is 58.6 Å². The van der Waals surface area contributed by atoms with E-state index in [1.165, 1.54) is 7.11 Å². The van der Waals surface area contributed by atoms with Crippen LogP contribution in [0.5, 0.6) is 0 Å². The normalized spacial score (nSPS) is 10.0. The molecule has 0 heterocycles. The lowest BCUT2D eigenvalue weighted by molar-refractivity contribution is 0.0600. The Labute approximate surface area is 135 Å². The number of nitrogens with zero attached hydrogens (tertiary/aromatic N) is 1. The van der Waals surface area contributed by atoms with Gasteiger partial charge in [-0.15, -0.1) is 0 Å². The van der Waals surface area contributed by atoms with E-state index in [9.17, 15) is 9.59 Å². The smallest absolute Gasteiger partial charge is 0.337 e. The molecule has 2 rings (SSSR count). The summed E-state index contributed by atoms with van der Waals surface area (Å²) in [5, 5.41) is 1.77. The van der Waals surface area contributed by atoms with E-state index >= 15 is 0 Å². The Balaban J connectivity index is 2.10. The molecule has 0 aliphatic carbocycles. The molecule has 2 aromatic rings. The van der Waals surface area contributed by atoms with Gasteiger partial charge < -0.3 is 4.74 Å². The van der Waals surface area contributed by atoms with E-state index in [-0.39, 0.29) is 5.91 Å². The SMILES string of the molecule is CCN(NC(=O)c1ccc(C(=O)OC)cc1)c1ccc(C)cc1. The first-order valence-corrected chi connectivity index (χ1v) is 7.38. The van der Waals surface area contributed by atoms with Crippen molar-refractivity contribution in [3.63, 3.8) is 0 Å². The van der Waals surface area contributed by atoms with E-state index < -0.39 is 5.97 Å². The summed E-state index contributed by atoms with van der Waals surface area (Å²) < 4.78 is 4.64. The maximum Gasteiger partial charge on any atom is 0.337 e. The molecule has 0 saturated carbocycles. The fraction of sp³-hybridized carbons (Fsp3) is 0.222. The van der Waals surface area contributed by atoms with Gasteiger partial charge in [-0.2, -0.15) is 0 Å². The predicted octanol–water partition coefficient (Wildman–Crippen LogP) is 2.95. The highest BCUT2D eigenvalue weighted by Crippen LogP contribution is 2.14. The molecule has 2 aromatic carbocycles. The van der Waals surface area contributed by atoms with Gasteiger partial charge in [0.25, 0.3) is 5.91 Å². The first kappa shape index (κ1) is 16.5.